The molecule has 0 aliphatic heterocycles. The van der Waals surface area contributed by atoms with Crippen molar-refractivity contribution in [2.24, 2.45) is 0 Å². The molecule has 0 saturated heterocycles. The average molecular weight is 393 g/mol. The molecule has 0 fully saturated rings. The highest BCUT2D eigenvalue weighted by atomic mass is 32.2. The van der Waals surface area contributed by atoms with Crippen LogP contribution < -0.4 is 10.6 Å². The number of aromatic hydroxyl groups is 1. The summed E-state index contributed by atoms with van der Waals surface area (Å²) in [6, 6.07) is 7.47. The van der Waals surface area contributed by atoms with E-state index in [0.717, 1.165) is 62.3 Å². The first-order chi connectivity index (χ1) is 13.2. The first-order valence-electron chi connectivity index (χ1n) is 10.3. The fourth-order valence-corrected chi connectivity index (χ4v) is 3.55. The zero-order valence-electron chi connectivity index (χ0n) is 16.7. The third kappa shape index (κ3) is 13.2. The summed E-state index contributed by atoms with van der Waals surface area (Å²) in [7, 11) is 0. The molecule has 0 heterocycles. The number of hydrogen-bond donors (Lipinski definition) is 3. The summed E-state index contributed by atoms with van der Waals surface area (Å²) in [6.07, 6.45) is 14.6. The maximum Gasteiger partial charge on any atom is 0.314 e. The molecular formula is C22H36N2O2S. The van der Waals surface area contributed by atoms with Crippen LogP contribution in [0.4, 0.5) is 4.79 Å². The van der Waals surface area contributed by atoms with Gasteiger partial charge in [0.2, 0.25) is 0 Å². The van der Waals surface area contributed by atoms with Gasteiger partial charge in [0.1, 0.15) is 5.75 Å². The van der Waals surface area contributed by atoms with E-state index in [-0.39, 0.29) is 6.03 Å². The number of rotatable bonds is 15. The number of nitrogens with one attached hydrogen (secondary N) is 2. The Balaban J connectivity index is 1.86. The van der Waals surface area contributed by atoms with Crippen LogP contribution in [-0.2, 0) is 0 Å². The lowest BCUT2D eigenvalue weighted by Crippen LogP contribution is -2.36. The standard InChI is InChI=1S/C22H36N2O2S/c1-2-3-12-17-23-22(26)24-18-13-8-6-4-5-7-9-14-19-27-21-16-11-10-15-20(21)25/h4-5,10-11,15-16,25H,2-3,6-9,12-14,17-19H2,1H3,(H2,23,24,26)/b5-4+. The monoisotopic (exact) mass is 392 g/mol. The molecule has 1 aromatic rings. The molecule has 2 amide bonds. The largest absolute Gasteiger partial charge is 0.507 e. The van der Waals surface area contributed by atoms with E-state index in [0.29, 0.717) is 5.75 Å². The van der Waals surface area contributed by atoms with E-state index in [4.69, 9.17) is 0 Å². The van der Waals surface area contributed by atoms with Crippen molar-refractivity contribution in [1.29, 1.82) is 0 Å². The summed E-state index contributed by atoms with van der Waals surface area (Å²) in [4.78, 5) is 12.5. The lowest BCUT2D eigenvalue weighted by atomic mass is 10.2. The summed E-state index contributed by atoms with van der Waals surface area (Å²) >= 11 is 1.72. The summed E-state index contributed by atoms with van der Waals surface area (Å²) in [5.74, 6) is 1.42. The van der Waals surface area contributed by atoms with Gasteiger partial charge in [-0.05, 0) is 62.8 Å². The number of carbonyl (C=O) groups excluding carboxylic acids is 1. The first kappa shape index (κ1) is 23.4. The van der Waals surface area contributed by atoms with E-state index in [1.54, 1.807) is 17.8 Å². The van der Waals surface area contributed by atoms with Gasteiger partial charge in [0.15, 0.2) is 0 Å². The zero-order chi connectivity index (χ0) is 19.6. The van der Waals surface area contributed by atoms with E-state index < -0.39 is 0 Å². The Labute approximate surface area is 169 Å². The molecule has 0 atom stereocenters. The Hall–Kier alpha value is -1.62. The van der Waals surface area contributed by atoms with Gasteiger partial charge in [-0.2, -0.15) is 0 Å². The Bertz CT molecular complexity index is 535. The molecule has 27 heavy (non-hydrogen) atoms. The highest BCUT2D eigenvalue weighted by molar-refractivity contribution is 7.99. The van der Waals surface area contributed by atoms with Crippen LogP contribution in [0.25, 0.3) is 0 Å². The number of phenols is 1. The minimum Gasteiger partial charge on any atom is -0.507 e. The second kappa shape index (κ2) is 16.5. The van der Waals surface area contributed by atoms with Gasteiger partial charge >= 0.3 is 6.03 Å². The zero-order valence-corrected chi connectivity index (χ0v) is 17.5. The van der Waals surface area contributed by atoms with Gasteiger partial charge in [-0.3, -0.25) is 0 Å². The fraction of sp³-hybridized carbons (Fsp3) is 0.591. The summed E-state index contributed by atoms with van der Waals surface area (Å²) in [5.41, 5.74) is 0. The van der Waals surface area contributed by atoms with Crippen molar-refractivity contribution in [2.75, 3.05) is 18.8 Å². The number of unbranched alkanes of at least 4 members (excludes halogenated alkanes) is 6. The van der Waals surface area contributed by atoms with Gasteiger partial charge in [0, 0.05) is 18.0 Å². The molecule has 0 bridgehead atoms. The van der Waals surface area contributed by atoms with Crippen LogP contribution in [0.15, 0.2) is 41.3 Å². The second-order valence-corrected chi connectivity index (χ2v) is 7.81. The van der Waals surface area contributed by atoms with Gasteiger partial charge < -0.3 is 15.7 Å². The van der Waals surface area contributed by atoms with Crippen molar-refractivity contribution in [2.45, 2.75) is 69.6 Å². The molecule has 0 aromatic heterocycles. The molecule has 0 aliphatic rings. The number of carbonyl (C=O) groups is 1. The van der Waals surface area contributed by atoms with Crippen LogP contribution in [0.5, 0.6) is 5.75 Å². The molecule has 3 N–H and O–H groups in total. The molecule has 0 radical (unpaired) electrons. The molecule has 1 rings (SSSR count). The molecule has 0 saturated carbocycles. The fourth-order valence-electron chi connectivity index (χ4n) is 2.59. The Morgan fingerprint density at radius 2 is 1.59 bits per heavy atom. The van der Waals surface area contributed by atoms with E-state index in [2.05, 4.69) is 29.7 Å². The maximum atomic E-state index is 11.5. The Morgan fingerprint density at radius 1 is 0.963 bits per heavy atom. The SMILES string of the molecule is CCCCCNC(=O)NCCCC/C=C/CCCCSc1ccccc1O. The second-order valence-electron chi connectivity index (χ2n) is 6.67. The predicted octanol–water partition coefficient (Wildman–Crippen LogP) is 5.87. The van der Waals surface area contributed by atoms with Crippen molar-refractivity contribution in [3.8, 4) is 5.75 Å². The van der Waals surface area contributed by atoms with Crippen LogP contribution in [-0.4, -0.2) is 30.0 Å². The minimum absolute atomic E-state index is 0.0386. The predicted molar refractivity (Wildman–Crippen MR) is 117 cm³/mol. The van der Waals surface area contributed by atoms with Crippen molar-refractivity contribution in [1.82, 2.24) is 10.6 Å². The Kier molecular flexibility index (Phi) is 14.4. The smallest absolute Gasteiger partial charge is 0.314 e. The molecule has 4 nitrogen and oxygen atoms in total. The molecule has 0 spiro atoms. The summed E-state index contributed by atoms with van der Waals surface area (Å²) in [5, 5.41) is 15.5. The minimum atomic E-state index is -0.0386. The number of urea groups is 1. The van der Waals surface area contributed by atoms with Crippen molar-refractivity contribution in [3.05, 3.63) is 36.4 Å². The van der Waals surface area contributed by atoms with Crippen molar-refractivity contribution >= 4 is 17.8 Å². The summed E-state index contributed by atoms with van der Waals surface area (Å²) in [6.45, 7) is 3.68. The van der Waals surface area contributed by atoms with Gasteiger partial charge in [-0.15, -0.1) is 11.8 Å². The highest BCUT2D eigenvalue weighted by Crippen LogP contribution is 2.28. The number of amides is 2. The van der Waals surface area contributed by atoms with Crippen LogP contribution in [0.3, 0.4) is 0 Å². The molecular weight excluding hydrogens is 356 g/mol. The van der Waals surface area contributed by atoms with Gasteiger partial charge in [-0.25, -0.2) is 4.79 Å². The number of phenolic OH excluding ortho intramolecular Hbond substituents is 1. The molecule has 1 aromatic carbocycles. The lowest BCUT2D eigenvalue weighted by Gasteiger charge is -2.06. The van der Waals surface area contributed by atoms with Crippen LogP contribution in [0, 0.1) is 0 Å². The third-order valence-corrected chi connectivity index (χ3v) is 5.35. The van der Waals surface area contributed by atoms with Crippen LogP contribution in [0.1, 0.15) is 64.7 Å². The number of allylic oxidation sites excluding steroid dienone is 2. The van der Waals surface area contributed by atoms with Gasteiger partial charge in [0.25, 0.3) is 0 Å². The number of benzene rings is 1. The topological polar surface area (TPSA) is 61.4 Å². The molecule has 152 valence electrons. The van der Waals surface area contributed by atoms with E-state index in [1.807, 2.05) is 18.2 Å². The normalized spacial score (nSPS) is 11.0. The first-order valence-corrected chi connectivity index (χ1v) is 11.3. The average Bonchev–Trinajstić information content (AvgIpc) is 2.67. The van der Waals surface area contributed by atoms with Crippen molar-refractivity contribution < 1.29 is 9.90 Å². The molecule has 0 aliphatic carbocycles. The quantitative estimate of drug-likeness (QED) is 0.199. The number of hydrogen-bond acceptors (Lipinski definition) is 3. The Morgan fingerprint density at radius 3 is 2.26 bits per heavy atom. The van der Waals surface area contributed by atoms with E-state index >= 15 is 0 Å². The van der Waals surface area contributed by atoms with Crippen molar-refractivity contribution in [3.63, 3.8) is 0 Å². The van der Waals surface area contributed by atoms with Crippen LogP contribution in [0.2, 0.25) is 0 Å². The van der Waals surface area contributed by atoms with Gasteiger partial charge in [-0.1, -0.05) is 44.1 Å². The van der Waals surface area contributed by atoms with E-state index in [9.17, 15) is 9.90 Å². The molecule has 5 heteroatoms. The maximum absolute atomic E-state index is 11.5. The van der Waals surface area contributed by atoms with E-state index in [1.165, 1.54) is 19.3 Å². The lowest BCUT2D eigenvalue weighted by molar-refractivity contribution is 0.240. The highest BCUT2D eigenvalue weighted by Gasteiger charge is 1.99. The number of para-hydroxylation sites is 1. The summed E-state index contributed by atoms with van der Waals surface area (Å²) < 4.78 is 0. The van der Waals surface area contributed by atoms with Gasteiger partial charge in [0.05, 0.1) is 0 Å². The molecule has 0 unspecified atom stereocenters. The van der Waals surface area contributed by atoms with Crippen LogP contribution >= 0.6 is 11.8 Å². The number of thioether (sulfide) groups is 1. The third-order valence-electron chi connectivity index (χ3n) is 4.20.